The van der Waals surface area contributed by atoms with E-state index in [0.29, 0.717) is 18.4 Å². The van der Waals surface area contributed by atoms with Crippen molar-refractivity contribution in [3.05, 3.63) is 29.3 Å². The van der Waals surface area contributed by atoms with Crippen molar-refractivity contribution in [3.8, 4) is 5.75 Å². The number of phenolic OH excluding ortho intramolecular Hbond substituents is 1. The Morgan fingerprint density at radius 1 is 1.08 bits per heavy atom. The minimum absolute atomic E-state index is 0.000420. The molecule has 3 rings (SSSR count). The van der Waals surface area contributed by atoms with E-state index in [0.717, 1.165) is 38.0 Å². The minimum atomic E-state index is -1.10. The summed E-state index contributed by atoms with van der Waals surface area (Å²) in [5.74, 6) is -2.47. The Hall–Kier alpha value is -2.50. The van der Waals surface area contributed by atoms with Gasteiger partial charge in [0.15, 0.2) is 0 Å². The van der Waals surface area contributed by atoms with E-state index >= 15 is 0 Å². The Morgan fingerprint density at radius 2 is 1.69 bits per heavy atom. The number of rotatable bonds is 4. The van der Waals surface area contributed by atoms with Crippen LogP contribution in [0.5, 0.6) is 5.75 Å². The Bertz CT molecular complexity index is 708. The maximum absolute atomic E-state index is 12.4. The lowest BCUT2D eigenvalue weighted by molar-refractivity contribution is -0.244. The Kier molecular flexibility index (Phi) is 5.20. The van der Waals surface area contributed by atoms with Crippen LogP contribution in [0.1, 0.15) is 51.5 Å². The molecule has 1 aliphatic carbocycles. The number of carbonyl (C=O) groups is 2. The molecule has 0 bridgehead atoms. The zero-order chi connectivity index (χ0) is 18.7. The van der Waals surface area contributed by atoms with E-state index in [1.54, 1.807) is 12.1 Å². The van der Waals surface area contributed by atoms with Crippen LogP contribution in [-0.4, -0.2) is 35.9 Å². The fraction of sp³-hybridized carbons (Fsp3) is 0.500. The molecule has 6 heteroatoms. The molecule has 1 spiro atoms. The van der Waals surface area contributed by atoms with Gasteiger partial charge in [0.2, 0.25) is 0 Å². The van der Waals surface area contributed by atoms with Crippen molar-refractivity contribution in [1.82, 2.24) is 0 Å². The molecular formula is C20H25NO5. The molecule has 0 atom stereocenters. The summed E-state index contributed by atoms with van der Waals surface area (Å²) in [5.41, 5.74) is 1.07. The van der Waals surface area contributed by atoms with Crippen molar-refractivity contribution in [2.45, 2.75) is 51.7 Å². The van der Waals surface area contributed by atoms with Gasteiger partial charge in [-0.05, 0) is 44.9 Å². The monoisotopic (exact) mass is 359 g/mol. The fourth-order valence-corrected chi connectivity index (χ4v) is 3.56. The third-order valence-corrected chi connectivity index (χ3v) is 5.06. The van der Waals surface area contributed by atoms with Gasteiger partial charge >= 0.3 is 11.9 Å². The van der Waals surface area contributed by atoms with Crippen molar-refractivity contribution >= 4 is 23.7 Å². The molecule has 1 heterocycles. The second-order valence-corrected chi connectivity index (χ2v) is 6.72. The highest BCUT2D eigenvalue weighted by atomic mass is 16.7. The molecule has 1 aliphatic heterocycles. The first-order chi connectivity index (χ1) is 12.5. The molecule has 1 saturated heterocycles. The third-order valence-electron chi connectivity index (χ3n) is 5.06. The lowest BCUT2D eigenvalue weighted by Crippen LogP contribution is -2.47. The second-order valence-electron chi connectivity index (χ2n) is 6.72. The maximum atomic E-state index is 12.4. The Balaban J connectivity index is 1.83. The van der Waals surface area contributed by atoms with Crippen molar-refractivity contribution in [3.63, 3.8) is 0 Å². The average Bonchev–Trinajstić information content (AvgIpc) is 2.61. The van der Waals surface area contributed by atoms with Gasteiger partial charge in [0.1, 0.15) is 11.3 Å². The van der Waals surface area contributed by atoms with Gasteiger partial charge in [-0.15, -0.1) is 0 Å². The van der Waals surface area contributed by atoms with Gasteiger partial charge in [-0.2, -0.15) is 0 Å². The Labute approximate surface area is 153 Å². The van der Waals surface area contributed by atoms with Gasteiger partial charge in [-0.25, -0.2) is 9.59 Å². The van der Waals surface area contributed by atoms with Crippen LogP contribution in [0, 0.1) is 0 Å². The summed E-state index contributed by atoms with van der Waals surface area (Å²) in [4.78, 5) is 26.9. The molecule has 6 nitrogen and oxygen atoms in total. The number of phenols is 1. The molecule has 0 unspecified atom stereocenters. The van der Waals surface area contributed by atoms with Gasteiger partial charge in [0, 0.05) is 43.2 Å². The molecule has 1 aromatic carbocycles. The van der Waals surface area contributed by atoms with Crippen LogP contribution in [-0.2, 0) is 19.1 Å². The smallest absolute Gasteiger partial charge is 0.348 e. The quantitative estimate of drug-likeness (QED) is 0.505. The number of nitrogens with zero attached hydrogens (tertiary/aromatic N) is 1. The van der Waals surface area contributed by atoms with Crippen LogP contribution in [0.25, 0.3) is 6.08 Å². The van der Waals surface area contributed by atoms with Gasteiger partial charge in [0.05, 0.1) is 0 Å². The number of hydrogen-bond donors (Lipinski definition) is 1. The maximum Gasteiger partial charge on any atom is 0.348 e. The van der Waals surface area contributed by atoms with Gasteiger partial charge < -0.3 is 19.5 Å². The SMILES string of the molecule is CCN(CC)c1ccc(C=C2C(=O)OC3(CCCCC3)OC2=O)c(O)c1. The van der Waals surface area contributed by atoms with Crippen molar-refractivity contribution in [2.75, 3.05) is 18.0 Å². The molecular weight excluding hydrogens is 334 g/mol. The first-order valence-corrected chi connectivity index (χ1v) is 9.24. The van der Waals surface area contributed by atoms with Crippen LogP contribution in [0.2, 0.25) is 0 Å². The third kappa shape index (κ3) is 3.54. The van der Waals surface area contributed by atoms with Crippen LogP contribution in [0.15, 0.2) is 23.8 Å². The lowest BCUT2D eigenvalue weighted by atomic mass is 9.93. The first kappa shape index (κ1) is 18.3. The highest BCUT2D eigenvalue weighted by Crippen LogP contribution is 2.38. The fourth-order valence-electron chi connectivity index (χ4n) is 3.56. The summed E-state index contributed by atoms with van der Waals surface area (Å²) in [6.45, 7) is 5.70. The van der Waals surface area contributed by atoms with Gasteiger partial charge in [0.25, 0.3) is 5.79 Å². The van der Waals surface area contributed by atoms with Crippen molar-refractivity contribution in [2.24, 2.45) is 0 Å². The van der Waals surface area contributed by atoms with E-state index < -0.39 is 17.7 Å². The van der Waals surface area contributed by atoms with Crippen LogP contribution in [0.3, 0.4) is 0 Å². The first-order valence-electron chi connectivity index (χ1n) is 9.24. The number of aromatic hydroxyl groups is 1. The summed E-state index contributed by atoms with van der Waals surface area (Å²) in [5, 5.41) is 10.3. The van der Waals surface area contributed by atoms with Crippen molar-refractivity contribution < 1.29 is 24.2 Å². The van der Waals surface area contributed by atoms with Crippen LogP contribution in [0.4, 0.5) is 5.69 Å². The number of esters is 2. The molecule has 2 aliphatic rings. The van der Waals surface area contributed by atoms with E-state index in [2.05, 4.69) is 4.90 Å². The topological polar surface area (TPSA) is 76.1 Å². The summed E-state index contributed by atoms with van der Waals surface area (Å²) in [7, 11) is 0. The summed E-state index contributed by atoms with van der Waals surface area (Å²) in [6.07, 6.45) is 5.21. The average molecular weight is 359 g/mol. The predicted molar refractivity (Wildman–Crippen MR) is 97.6 cm³/mol. The molecule has 1 N–H and O–H groups in total. The van der Waals surface area contributed by atoms with E-state index in [9.17, 15) is 14.7 Å². The molecule has 0 amide bonds. The van der Waals surface area contributed by atoms with Crippen LogP contribution < -0.4 is 4.90 Å². The van der Waals surface area contributed by atoms with E-state index in [1.807, 2.05) is 19.9 Å². The highest BCUT2D eigenvalue weighted by molar-refractivity contribution is 6.19. The van der Waals surface area contributed by atoms with E-state index in [4.69, 9.17) is 9.47 Å². The zero-order valence-electron chi connectivity index (χ0n) is 15.3. The Morgan fingerprint density at radius 3 is 2.23 bits per heavy atom. The number of anilines is 1. The molecule has 1 saturated carbocycles. The molecule has 0 radical (unpaired) electrons. The standard InChI is InChI=1S/C20H25NO5/c1-3-21(4-2)15-9-8-14(17(22)13-15)12-16-18(23)25-20(26-19(16)24)10-6-5-7-11-20/h8-9,12-13,22H,3-7,10-11H2,1-2H3. The zero-order valence-corrected chi connectivity index (χ0v) is 15.3. The summed E-state index contributed by atoms with van der Waals surface area (Å²) in [6, 6.07) is 5.16. The van der Waals surface area contributed by atoms with Gasteiger partial charge in [-0.3, -0.25) is 0 Å². The predicted octanol–water partition coefficient (Wildman–Crippen LogP) is 3.38. The summed E-state index contributed by atoms with van der Waals surface area (Å²) >= 11 is 0. The summed E-state index contributed by atoms with van der Waals surface area (Å²) < 4.78 is 10.9. The number of hydrogen-bond acceptors (Lipinski definition) is 6. The molecule has 1 aromatic rings. The van der Waals surface area contributed by atoms with E-state index in [-0.39, 0.29) is 11.3 Å². The number of carbonyl (C=O) groups excluding carboxylic acids is 2. The number of ether oxygens (including phenoxy) is 2. The molecule has 2 fully saturated rings. The minimum Gasteiger partial charge on any atom is -0.507 e. The van der Waals surface area contributed by atoms with E-state index in [1.165, 1.54) is 6.08 Å². The van der Waals surface area contributed by atoms with Crippen LogP contribution >= 0.6 is 0 Å². The lowest BCUT2D eigenvalue weighted by Gasteiger charge is -2.38. The number of benzene rings is 1. The second kappa shape index (κ2) is 7.40. The largest absolute Gasteiger partial charge is 0.507 e. The molecule has 26 heavy (non-hydrogen) atoms. The van der Waals surface area contributed by atoms with Crippen molar-refractivity contribution in [1.29, 1.82) is 0 Å². The highest BCUT2D eigenvalue weighted by Gasteiger charge is 2.46. The molecule has 0 aromatic heterocycles. The normalized spacial score (nSPS) is 19.1. The van der Waals surface area contributed by atoms with Gasteiger partial charge in [-0.1, -0.05) is 6.42 Å². The molecule has 140 valence electrons.